The zero-order valence-corrected chi connectivity index (χ0v) is 14.6. The van der Waals surface area contributed by atoms with Crippen molar-refractivity contribution in [1.82, 2.24) is 9.88 Å². The highest BCUT2D eigenvalue weighted by Gasteiger charge is 2.40. The fraction of sp³-hybridized carbons (Fsp3) is 0.625. The van der Waals surface area contributed by atoms with E-state index in [2.05, 4.69) is 15.9 Å². The molecule has 114 valence electrons. The number of rotatable bonds is 0. The average molecular weight is 353 g/mol. The van der Waals surface area contributed by atoms with Gasteiger partial charge < -0.3 is 4.74 Å². The number of carbonyl (C=O) groups is 1. The molecule has 3 rings (SSSR count). The van der Waals surface area contributed by atoms with Crippen molar-refractivity contribution in [3.63, 3.8) is 0 Å². The van der Waals surface area contributed by atoms with Gasteiger partial charge in [-0.1, -0.05) is 0 Å². The maximum Gasteiger partial charge on any atom is 0.411 e. The van der Waals surface area contributed by atoms with Gasteiger partial charge in [0.05, 0.1) is 18.3 Å². The minimum atomic E-state index is -0.464. The van der Waals surface area contributed by atoms with E-state index >= 15 is 0 Å². The highest BCUT2D eigenvalue weighted by molar-refractivity contribution is 9.10. The van der Waals surface area contributed by atoms with Crippen LogP contribution >= 0.6 is 15.9 Å². The molecule has 5 heteroatoms. The summed E-state index contributed by atoms with van der Waals surface area (Å²) in [6.07, 6.45) is 2.86. The van der Waals surface area contributed by atoms with Crippen molar-refractivity contribution >= 4 is 22.0 Å². The zero-order valence-electron chi connectivity index (χ0n) is 13.0. The van der Waals surface area contributed by atoms with Gasteiger partial charge in [-0.3, -0.25) is 9.88 Å². The number of amides is 1. The lowest BCUT2D eigenvalue weighted by Gasteiger charge is -2.30. The molecule has 1 unspecified atom stereocenters. The maximum atomic E-state index is 12.5. The van der Waals surface area contributed by atoms with Crippen LogP contribution < -0.4 is 0 Å². The number of aromatic nitrogens is 1. The van der Waals surface area contributed by atoms with Gasteiger partial charge in [0.25, 0.3) is 0 Å². The summed E-state index contributed by atoms with van der Waals surface area (Å²) < 4.78 is 6.61. The fourth-order valence-electron chi connectivity index (χ4n) is 3.27. The van der Waals surface area contributed by atoms with Crippen molar-refractivity contribution in [2.45, 2.75) is 65.1 Å². The molecule has 1 aromatic heterocycles. The van der Waals surface area contributed by atoms with E-state index in [1.165, 1.54) is 11.1 Å². The van der Waals surface area contributed by atoms with Gasteiger partial charge in [-0.25, -0.2) is 4.79 Å². The SMILES string of the molecule is Cc1nc2c3c(c1Br)CN(C(=O)OC(C)(C)C)C3CCC2. The van der Waals surface area contributed by atoms with Crippen LogP contribution in [-0.2, 0) is 17.7 Å². The summed E-state index contributed by atoms with van der Waals surface area (Å²) in [6.45, 7) is 8.35. The topological polar surface area (TPSA) is 42.4 Å². The Balaban J connectivity index is 1.98. The predicted molar refractivity (Wildman–Crippen MR) is 84.1 cm³/mol. The molecular formula is C16H21BrN2O2. The molecule has 4 nitrogen and oxygen atoms in total. The Labute approximate surface area is 134 Å². The number of nitrogens with zero attached hydrogens (tertiary/aromatic N) is 2. The van der Waals surface area contributed by atoms with Crippen LogP contribution in [0.15, 0.2) is 4.47 Å². The molecule has 1 amide bonds. The smallest absolute Gasteiger partial charge is 0.411 e. The summed E-state index contributed by atoms with van der Waals surface area (Å²) in [5, 5.41) is 0. The van der Waals surface area contributed by atoms with Crippen LogP contribution in [-0.4, -0.2) is 21.6 Å². The van der Waals surface area contributed by atoms with Crippen LogP contribution in [0.25, 0.3) is 0 Å². The first-order chi connectivity index (χ1) is 9.78. The molecule has 0 bridgehead atoms. The zero-order chi connectivity index (χ0) is 15.4. The molecule has 2 heterocycles. The van der Waals surface area contributed by atoms with E-state index in [1.54, 1.807) is 0 Å². The predicted octanol–water partition coefficient (Wildman–Crippen LogP) is 4.28. The van der Waals surface area contributed by atoms with Gasteiger partial charge in [-0.2, -0.15) is 0 Å². The number of halogens is 1. The van der Waals surface area contributed by atoms with Crippen LogP contribution in [0.1, 0.15) is 62.2 Å². The lowest BCUT2D eigenvalue weighted by molar-refractivity contribution is 0.0158. The Morgan fingerprint density at radius 3 is 2.81 bits per heavy atom. The Bertz CT molecular complexity index is 607. The number of pyridine rings is 1. The Hall–Kier alpha value is -1.10. The number of ether oxygens (including phenoxy) is 1. The van der Waals surface area contributed by atoms with Crippen molar-refractivity contribution in [1.29, 1.82) is 0 Å². The van der Waals surface area contributed by atoms with Gasteiger partial charge >= 0.3 is 6.09 Å². The summed E-state index contributed by atoms with van der Waals surface area (Å²) in [5.74, 6) is 0. The molecule has 0 spiro atoms. The first-order valence-corrected chi connectivity index (χ1v) is 8.24. The molecule has 0 saturated carbocycles. The van der Waals surface area contributed by atoms with Crippen LogP contribution in [0.2, 0.25) is 0 Å². The average Bonchev–Trinajstić information content (AvgIpc) is 2.75. The van der Waals surface area contributed by atoms with Crippen LogP contribution in [0.3, 0.4) is 0 Å². The van der Waals surface area contributed by atoms with E-state index < -0.39 is 5.60 Å². The van der Waals surface area contributed by atoms with Gasteiger partial charge in [0.2, 0.25) is 0 Å². The molecule has 0 aromatic carbocycles. The summed E-state index contributed by atoms with van der Waals surface area (Å²) in [6, 6.07) is 0.128. The lowest BCUT2D eigenvalue weighted by Crippen LogP contribution is -2.36. The largest absolute Gasteiger partial charge is 0.444 e. The van der Waals surface area contributed by atoms with Crippen LogP contribution in [0.5, 0.6) is 0 Å². The molecule has 1 aliphatic carbocycles. The third kappa shape index (κ3) is 2.56. The molecule has 0 radical (unpaired) electrons. The second-order valence-corrected chi connectivity index (χ2v) is 7.66. The van der Waals surface area contributed by atoms with E-state index in [0.717, 1.165) is 35.1 Å². The summed E-state index contributed by atoms with van der Waals surface area (Å²) in [4.78, 5) is 19.1. The van der Waals surface area contributed by atoms with Gasteiger partial charge in [-0.05, 0) is 68.5 Å². The molecule has 0 saturated heterocycles. The number of hydrogen-bond donors (Lipinski definition) is 0. The molecule has 1 aromatic rings. The Morgan fingerprint density at radius 2 is 2.14 bits per heavy atom. The van der Waals surface area contributed by atoms with Gasteiger partial charge in [0.15, 0.2) is 0 Å². The molecule has 21 heavy (non-hydrogen) atoms. The van der Waals surface area contributed by atoms with E-state index in [-0.39, 0.29) is 12.1 Å². The Morgan fingerprint density at radius 1 is 1.43 bits per heavy atom. The number of hydrogen-bond acceptors (Lipinski definition) is 3. The number of aryl methyl sites for hydroxylation is 2. The molecule has 1 aliphatic heterocycles. The number of carbonyl (C=O) groups excluding carboxylic acids is 1. The van der Waals surface area contributed by atoms with Crippen molar-refractivity contribution < 1.29 is 9.53 Å². The minimum absolute atomic E-state index is 0.128. The second-order valence-electron chi connectivity index (χ2n) is 6.87. The van der Waals surface area contributed by atoms with Crippen LogP contribution in [0.4, 0.5) is 4.79 Å². The highest BCUT2D eigenvalue weighted by Crippen LogP contribution is 2.45. The third-order valence-corrected chi connectivity index (χ3v) is 5.13. The molecule has 0 fully saturated rings. The summed E-state index contributed by atoms with van der Waals surface area (Å²) in [7, 11) is 0. The molecular weight excluding hydrogens is 332 g/mol. The first-order valence-electron chi connectivity index (χ1n) is 7.45. The second kappa shape index (κ2) is 4.97. The van der Waals surface area contributed by atoms with E-state index in [0.29, 0.717) is 6.54 Å². The normalized spacial score (nSPS) is 20.4. The fourth-order valence-corrected chi connectivity index (χ4v) is 3.70. The van der Waals surface area contributed by atoms with Gasteiger partial charge in [0, 0.05) is 15.7 Å². The molecule has 0 N–H and O–H groups in total. The summed E-state index contributed by atoms with van der Waals surface area (Å²) >= 11 is 3.64. The van der Waals surface area contributed by atoms with Crippen molar-refractivity contribution in [3.05, 3.63) is 27.0 Å². The van der Waals surface area contributed by atoms with Gasteiger partial charge in [-0.15, -0.1) is 0 Å². The van der Waals surface area contributed by atoms with Crippen molar-refractivity contribution in [3.8, 4) is 0 Å². The van der Waals surface area contributed by atoms with Crippen molar-refractivity contribution in [2.24, 2.45) is 0 Å². The van der Waals surface area contributed by atoms with Crippen LogP contribution in [0, 0.1) is 6.92 Å². The quantitative estimate of drug-likeness (QED) is 0.699. The minimum Gasteiger partial charge on any atom is -0.444 e. The van der Waals surface area contributed by atoms with Gasteiger partial charge in [0.1, 0.15) is 5.60 Å². The first kappa shape index (κ1) is 14.8. The third-order valence-electron chi connectivity index (χ3n) is 4.08. The van der Waals surface area contributed by atoms with E-state index in [4.69, 9.17) is 9.72 Å². The highest BCUT2D eigenvalue weighted by atomic mass is 79.9. The summed E-state index contributed by atoms with van der Waals surface area (Å²) in [5.41, 5.74) is 4.18. The monoisotopic (exact) mass is 352 g/mol. The van der Waals surface area contributed by atoms with E-state index in [9.17, 15) is 4.79 Å². The Kier molecular flexibility index (Phi) is 3.51. The lowest BCUT2D eigenvalue weighted by atomic mass is 9.90. The molecule has 2 aliphatic rings. The van der Waals surface area contributed by atoms with Crippen molar-refractivity contribution in [2.75, 3.05) is 0 Å². The standard InChI is InChI=1S/C16H21BrN2O2/c1-9-14(17)10-8-19(15(20)21-16(2,3)4)12-7-5-6-11(18-9)13(10)12/h12H,5-8H2,1-4H3. The van der Waals surface area contributed by atoms with E-state index in [1.807, 2.05) is 32.6 Å². The molecule has 1 atom stereocenters. The maximum absolute atomic E-state index is 12.5.